The molecule has 0 atom stereocenters. The molecule has 1 heterocycles. The average molecular weight is 647 g/mol. The van der Waals surface area contributed by atoms with E-state index in [9.17, 15) is 0 Å². The molecule has 11 rings (SSSR count). The molecule has 0 radical (unpaired) electrons. The van der Waals surface area contributed by atoms with E-state index in [1.165, 1.54) is 81.9 Å². The van der Waals surface area contributed by atoms with Crippen LogP contribution in [0.4, 0.5) is 0 Å². The molecule has 0 aliphatic heterocycles. The van der Waals surface area contributed by atoms with E-state index in [0.29, 0.717) is 0 Å². The van der Waals surface area contributed by atoms with Gasteiger partial charge in [0.25, 0.3) is 0 Å². The molecule has 0 fully saturated rings. The summed E-state index contributed by atoms with van der Waals surface area (Å²) in [7, 11) is 0. The number of fused-ring (bicyclic) bond motifs is 10. The smallest absolute Gasteiger partial charge is 0.143 e. The minimum atomic E-state index is 0.897. The molecule has 0 N–H and O–H groups in total. The third-order valence-electron chi connectivity index (χ3n) is 10.8. The Balaban J connectivity index is 1.30. The average Bonchev–Trinajstić information content (AvgIpc) is 3.60. The Morgan fingerprint density at radius 1 is 0.294 bits per heavy atom. The Morgan fingerprint density at radius 3 is 1.57 bits per heavy atom. The van der Waals surface area contributed by atoms with Crippen LogP contribution in [0.1, 0.15) is 0 Å². The Morgan fingerprint density at radius 2 is 0.843 bits per heavy atom. The van der Waals surface area contributed by atoms with E-state index < -0.39 is 0 Å². The molecule has 11 aromatic rings. The zero-order valence-corrected chi connectivity index (χ0v) is 27.7. The molecule has 0 amide bonds. The number of furan rings is 1. The van der Waals surface area contributed by atoms with Crippen LogP contribution in [0.3, 0.4) is 0 Å². The molecule has 0 spiro atoms. The SMILES string of the molecule is c1ccc(-c2cc3ccccc3c3oc4cccc(-c5c6ccccc6c(-c6cccc7c6ccc6ccccc67)c6ccccc56)c4c23)cc1. The van der Waals surface area contributed by atoms with Crippen LogP contribution in [0, 0.1) is 0 Å². The summed E-state index contributed by atoms with van der Waals surface area (Å²) in [6, 6.07) is 66.2. The maximum Gasteiger partial charge on any atom is 0.143 e. The first-order chi connectivity index (χ1) is 25.3. The molecule has 0 saturated heterocycles. The summed E-state index contributed by atoms with van der Waals surface area (Å²) in [5.74, 6) is 0. The van der Waals surface area contributed by atoms with Crippen molar-refractivity contribution >= 4 is 75.8 Å². The second kappa shape index (κ2) is 10.9. The molecule has 1 nitrogen and oxygen atoms in total. The van der Waals surface area contributed by atoms with Gasteiger partial charge in [-0.05, 0) is 94.0 Å². The molecule has 1 aromatic heterocycles. The van der Waals surface area contributed by atoms with Gasteiger partial charge < -0.3 is 4.42 Å². The van der Waals surface area contributed by atoms with Crippen molar-refractivity contribution in [3.63, 3.8) is 0 Å². The van der Waals surface area contributed by atoms with Gasteiger partial charge in [0.1, 0.15) is 11.2 Å². The van der Waals surface area contributed by atoms with Crippen LogP contribution in [0.25, 0.3) is 109 Å². The predicted molar refractivity (Wildman–Crippen MR) is 218 cm³/mol. The van der Waals surface area contributed by atoms with E-state index in [1.807, 2.05) is 0 Å². The van der Waals surface area contributed by atoms with Gasteiger partial charge in [-0.3, -0.25) is 0 Å². The fraction of sp³-hybridized carbons (Fsp3) is 0. The van der Waals surface area contributed by atoms with Crippen molar-refractivity contribution in [1.82, 2.24) is 0 Å². The van der Waals surface area contributed by atoms with Crippen LogP contribution in [0.15, 0.2) is 186 Å². The number of rotatable bonds is 3. The summed E-state index contributed by atoms with van der Waals surface area (Å²) in [6.45, 7) is 0. The van der Waals surface area contributed by atoms with E-state index in [2.05, 4.69) is 182 Å². The molecule has 0 aliphatic carbocycles. The zero-order valence-electron chi connectivity index (χ0n) is 27.7. The summed E-state index contributed by atoms with van der Waals surface area (Å²) in [4.78, 5) is 0. The molecule has 10 aromatic carbocycles. The minimum absolute atomic E-state index is 0.897. The third-order valence-corrected chi connectivity index (χ3v) is 10.8. The van der Waals surface area contributed by atoms with Crippen LogP contribution < -0.4 is 0 Å². The molecular formula is C50H30O. The number of benzene rings is 10. The highest BCUT2D eigenvalue weighted by atomic mass is 16.3. The zero-order chi connectivity index (χ0) is 33.5. The predicted octanol–water partition coefficient (Wildman–Crippen LogP) is 14.4. The van der Waals surface area contributed by atoms with Crippen molar-refractivity contribution in [2.75, 3.05) is 0 Å². The van der Waals surface area contributed by atoms with Gasteiger partial charge in [0, 0.05) is 16.2 Å². The first-order valence-corrected chi connectivity index (χ1v) is 17.6. The molecule has 51 heavy (non-hydrogen) atoms. The lowest BCUT2D eigenvalue weighted by atomic mass is 9.83. The Labute approximate surface area is 294 Å². The highest BCUT2D eigenvalue weighted by molar-refractivity contribution is 6.30. The van der Waals surface area contributed by atoms with Crippen molar-refractivity contribution in [1.29, 1.82) is 0 Å². The maximum atomic E-state index is 6.89. The van der Waals surface area contributed by atoms with Crippen molar-refractivity contribution in [2.45, 2.75) is 0 Å². The van der Waals surface area contributed by atoms with Crippen LogP contribution in [-0.2, 0) is 0 Å². The largest absolute Gasteiger partial charge is 0.455 e. The number of hydrogen-bond donors (Lipinski definition) is 0. The van der Waals surface area contributed by atoms with Crippen LogP contribution >= 0.6 is 0 Å². The van der Waals surface area contributed by atoms with Gasteiger partial charge in [-0.2, -0.15) is 0 Å². The van der Waals surface area contributed by atoms with Gasteiger partial charge >= 0.3 is 0 Å². The van der Waals surface area contributed by atoms with Gasteiger partial charge in [-0.25, -0.2) is 0 Å². The van der Waals surface area contributed by atoms with Crippen LogP contribution in [-0.4, -0.2) is 0 Å². The van der Waals surface area contributed by atoms with Gasteiger partial charge in [0.05, 0.1) is 0 Å². The van der Waals surface area contributed by atoms with Gasteiger partial charge in [0.15, 0.2) is 0 Å². The van der Waals surface area contributed by atoms with Crippen molar-refractivity contribution in [3.8, 4) is 33.4 Å². The molecule has 236 valence electrons. The summed E-state index contributed by atoms with van der Waals surface area (Å²) in [5, 5.41) is 14.6. The fourth-order valence-corrected chi connectivity index (χ4v) is 8.67. The second-order valence-electron chi connectivity index (χ2n) is 13.5. The molecule has 0 saturated carbocycles. The van der Waals surface area contributed by atoms with E-state index in [0.717, 1.165) is 27.3 Å². The quantitative estimate of drug-likeness (QED) is 0.138. The second-order valence-corrected chi connectivity index (χ2v) is 13.5. The van der Waals surface area contributed by atoms with Gasteiger partial charge in [-0.1, -0.05) is 170 Å². The molecule has 0 unspecified atom stereocenters. The van der Waals surface area contributed by atoms with Gasteiger partial charge in [-0.15, -0.1) is 0 Å². The van der Waals surface area contributed by atoms with Crippen LogP contribution in [0.5, 0.6) is 0 Å². The first kappa shape index (κ1) is 28.2. The molecule has 0 bridgehead atoms. The highest BCUT2D eigenvalue weighted by Crippen LogP contribution is 2.50. The van der Waals surface area contributed by atoms with Crippen molar-refractivity contribution in [2.24, 2.45) is 0 Å². The van der Waals surface area contributed by atoms with E-state index in [-0.39, 0.29) is 0 Å². The molecular weight excluding hydrogens is 617 g/mol. The Kier molecular flexibility index (Phi) is 6.02. The van der Waals surface area contributed by atoms with E-state index in [4.69, 9.17) is 4.42 Å². The summed E-state index contributed by atoms with van der Waals surface area (Å²) >= 11 is 0. The molecule has 0 aliphatic rings. The van der Waals surface area contributed by atoms with Crippen molar-refractivity contribution < 1.29 is 4.42 Å². The Bertz CT molecular complexity index is 3130. The van der Waals surface area contributed by atoms with E-state index in [1.54, 1.807) is 0 Å². The van der Waals surface area contributed by atoms with Crippen molar-refractivity contribution in [3.05, 3.63) is 182 Å². The van der Waals surface area contributed by atoms with Gasteiger partial charge in [0.2, 0.25) is 0 Å². The van der Waals surface area contributed by atoms with Crippen LogP contribution in [0.2, 0.25) is 0 Å². The summed E-state index contributed by atoms with van der Waals surface area (Å²) < 4.78 is 6.89. The fourth-order valence-electron chi connectivity index (χ4n) is 8.67. The lowest BCUT2D eigenvalue weighted by Crippen LogP contribution is -1.92. The lowest BCUT2D eigenvalue weighted by Gasteiger charge is -2.19. The molecule has 1 heteroatoms. The monoisotopic (exact) mass is 646 g/mol. The standard InChI is InChI=1S/C50H30O/c1-2-14-31(15-3-1)44-30-33-17-5-7-19-35(33)50-49(44)48-43(26-13-27-45(48)51-50)47-41-22-10-8-20-39(41)46(40-21-9-11-23-42(40)47)38-25-12-24-36-34-18-6-4-16-32(34)28-29-37(36)38/h1-30H. The summed E-state index contributed by atoms with van der Waals surface area (Å²) in [5.41, 5.74) is 9.13. The third kappa shape index (κ3) is 4.09. The van der Waals surface area contributed by atoms with E-state index >= 15 is 0 Å². The maximum absolute atomic E-state index is 6.89. The first-order valence-electron chi connectivity index (χ1n) is 17.6. The normalized spacial score (nSPS) is 11.9. The number of hydrogen-bond acceptors (Lipinski definition) is 1. The highest BCUT2D eigenvalue weighted by Gasteiger charge is 2.23. The minimum Gasteiger partial charge on any atom is -0.455 e. The topological polar surface area (TPSA) is 13.1 Å². The summed E-state index contributed by atoms with van der Waals surface area (Å²) in [6.07, 6.45) is 0. The lowest BCUT2D eigenvalue weighted by molar-refractivity contribution is 0.673. The Hall–Kier alpha value is -6.70.